The summed E-state index contributed by atoms with van der Waals surface area (Å²) < 4.78 is 135. The number of carbonyl (C=O) groups excluding carboxylic acids is 3. The summed E-state index contributed by atoms with van der Waals surface area (Å²) in [5.74, 6) is -1.50. The molecule has 1 unspecified atom stereocenters. The van der Waals surface area contributed by atoms with E-state index in [1.807, 2.05) is 273 Å². The summed E-state index contributed by atoms with van der Waals surface area (Å²) in [7, 11) is -9.47. The summed E-state index contributed by atoms with van der Waals surface area (Å²) in [5.41, 5.74) is 4.52. The fraction of sp³-hybridized carbons (Fsp3) is 0.513. The number of aliphatic hydroxyl groups is 1. The van der Waals surface area contributed by atoms with Gasteiger partial charge < -0.3 is 58.4 Å². The molecule has 0 bridgehead atoms. The van der Waals surface area contributed by atoms with Crippen molar-refractivity contribution in [1.82, 2.24) is 10.6 Å². The van der Waals surface area contributed by atoms with Gasteiger partial charge in [0.2, 0.25) is 11.8 Å². The maximum absolute atomic E-state index is 16.4. The van der Waals surface area contributed by atoms with E-state index < -0.39 is 114 Å². The lowest BCUT2D eigenvalue weighted by Gasteiger charge is -2.53. The minimum absolute atomic E-state index is 0.0705. The van der Waals surface area contributed by atoms with Gasteiger partial charge in [0.1, 0.15) is 54.3 Å². The number of ether oxygens (including phenoxy) is 9. The molecular weight excluding hydrogens is 1830 g/mol. The van der Waals surface area contributed by atoms with Crippen molar-refractivity contribution in [1.29, 1.82) is 0 Å². The SMILES string of the molecule is CCCCCCCCCCCC(=O)O[C@H](CCCCCCCCCCC)CC(=O)N[C@H]1[C@H](OC[C@H]2O[C@H](O)C(CCOP(=O)(OCc3ccccc3)OCc3ccccc3)(NC(=O)C[C@@H](CCCCCCCCCCC)OCc3ccccc3)[C@@H](OCc3ccccc3)[C@@H]2OCc2ccccc2)O[C@H](COCc2ccccc2)[C@@H](OP(=O)(OCc2ccccc2)OCc2ccccc2)[C@@H]1OCc1ccccc1. The first kappa shape index (κ1) is 114. The number of unbranched alkanes of at least 4 members (excludes halogenated alkanes) is 24. The quantitative estimate of drug-likeness (QED) is 0.0182. The van der Waals surface area contributed by atoms with E-state index in [0.29, 0.717) is 47.9 Å². The largest absolute Gasteiger partial charge is 0.475 e. The third-order valence-electron chi connectivity index (χ3n) is 26.1. The number of phosphoric ester groups is 2. The monoisotopic (exact) mass is 1990 g/mol. The first-order valence-electron chi connectivity index (χ1n) is 52.6. The van der Waals surface area contributed by atoms with Crippen molar-refractivity contribution in [3.05, 3.63) is 323 Å². The molecule has 0 saturated carbocycles. The van der Waals surface area contributed by atoms with E-state index in [0.717, 1.165) is 118 Å². The summed E-state index contributed by atoms with van der Waals surface area (Å²) in [6.07, 6.45) is 15.4. The molecule has 2 fully saturated rings. The average molecular weight is 1990 g/mol. The van der Waals surface area contributed by atoms with E-state index >= 15 is 18.7 Å². The van der Waals surface area contributed by atoms with Gasteiger partial charge in [-0.3, -0.25) is 41.5 Å². The van der Waals surface area contributed by atoms with E-state index in [9.17, 15) is 9.90 Å². The number of hydrogen-bond acceptors (Lipinski definition) is 21. The number of esters is 1. The highest BCUT2D eigenvalue weighted by Crippen LogP contribution is 2.55. The summed E-state index contributed by atoms with van der Waals surface area (Å²) >= 11 is 0. The Morgan fingerprint density at radius 3 is 1.12 bits per heavy atom. The number of nitrogens with one attached hydrogen (secondary N) is 2. The van der Waals surface area contributed by atoms with Crippen LogP contribution in [0.15, 0.2) is 273 Å². The number of rotatable bonds is 74. The molecule has 2 heterocycles. The van der Waals surface area contributed by atoms with Crippen LogP contribution in [0.4, 0.5) is 0 Å². The van der Waals surface area contributed by atoms with Crippen molar-refractivity contribution >= 4 is 33.4 Å². The van der Waals surface area contributed by atoms with Crippen molar-refractivity contribution < 1.29 is 98.4 Å². The Morgan fingerprint density at radius 1 is 0.352 bits per heavy atom. The molecule has 0 aliphatic carbocycles. The number of aliphatic hydroxyl groups excluding tert-OH is 1. The van der Waals surface area contributed by atoms with Crippen LogP contribution in [0.5, 0.6) is 0 Å². The van der Waals surface area contributed by atoms with Gasteiger partial charge >= 0.3 is 21.6 Å². The first-order valence-corrected chi connectivity index (χ1v) is 55.5. The van der Waals surface area contributed by atoms with Crippen molar-refractivity contribution in [2.24, 2.45) is 0 Å². The molecule has 142 heavy (non-hydrogen) atoms. The molecule has 0 aromatic heterocycles. The van der Waals surface area contributed by atoms with Crippen LogP contribution >= 0.6 is 15.6 Å². The molecule has 0 spiro atoms. The van der Waals surface area contributed by atoms with Gasteiger partial charge in [-0.15, -0.1) is 0 Å². The maximum atomic E-state index is 16.4. The predicted molar refractivity (Wildman–Crippen MR) is 555 cm³/mol. The molecule has 9 aromatic carbocycles. The van der Waals surface area contributed by atoms with E-state index in [2.05, 4.69) is 31.4 Å². The van der Waals surface area contributed by atoms with Crippen LogP contribution < -0.4 is 10.6 Å². The Morgan fingerprint density at radius 2 is 0.697 bits per heavy atom. The molecule has 25 heteroatoms. The second-order valence-corrected chi connectivity index (χ2v) is 41.0. The van der Waals surface area contributed by atoms with Crippen LogP contribution in [0.3, 0.4) is 0 Å². The minimum Gasteiger partial charge on any atom is -0.462 e. The lowest BCUT2D eigenvalue weighted by molar-refractivity contribution is -0.324. The van der Waals surface area contributed by atoms with Gasteiger partial charge in [0.05, 0.1) is 98.2 Å². The third-order valence-corrected chi connectivity index (χ3v) is 28.8. The van der Waals surface area contributed by atoms with Crippen LogP contribution in [0.2, 0.25) is 0 Å². The van der Waals surface area contributed by atoms with Gasteiger partial charge in [-0.05, 0) is 75.8 Å². The summed E-state index contributed by atoms with van der Waals surface area (Å²) in [4.78, 5) is 46.6. The Balaban J connectivity index is 1.02. The number of benzene rings is 9. The summed E-state index contributed by atoms with van der Waals surface area (Å²) in [5, 5.41) is 20.7. The Hall–Kier alpha value is -8.75. The Kier molecular flexibility index (Phi) is 53.1. The number of hydrogen-bond donors (Lipinski definition) is 3. The van der Waals surface area contributed by atoms with E-state index in [-0.39, 0.29) is 97.7 Å². The van der Waals surface area contributed by atoms with Gasteiger partial charge in [0.15, 0.2) is 12.6 Å². The second kappa shape index (κ2) is 66.4. The van der Waals surface area contributed by atoms with E-state index in [1.165, 1.54) is 70.6 Å². The molecule has 12 atom stereocenters. The molecule has 11 rings (SSSR count). The van der Waals surface area contributed by atoms with Crippen LogP contribution in [0.1, 0.15) is 283 Å². The smallest absolute Gasteiger partial charge is 0.462 e. The molecule has 3 N–H and O–H groups in total. The number of phosphoric acid groups is 2. The zero-order valence-electron chi connectivity index (χ0n) is 84.2. The molecule has 772 valence electrons. The Bertz CT molecular complexity index is 4830. The number of carbonyl (C=O) groups is 3. The minimum atomic E-state index is -4.86. The highest BCUT2D eigenvalue weighted by molar-refractivity contribution is 7.48. The maximum Gasteiger partial charge on any atom is 0.475 e. The van der Waals surface area contributed by atoms with Gasteiger partial charge in [-0.1, -0.05) is 454 Å². The standard InChI is InChI=1S/C117H158N2O21P2/c1-4-7-10-13-16-19-22-25-55-76-103(127-84-95-60-39-29-40-61-95)81-108(121)119-117(79-80-132-141(124,133-88-99-68-47-33-48-69-99)134-89-100-70-49-34-50-71-100)114(130-87-98-66-45-32-46-67-98)112(128-85-96-62-41-30-42-63-96)106(139-116(117)123)93-131-115-110(118-107(120)82-104(77-56-26-23-20-17-14-11-8-5-2)137-109(122)78-57-27-24-21-18-15-12-9-6-3)113(129-86-97-64-43-31-44-65-97)111(105(138-115)92-126-83-94-58-37-28-38-59-94)140-142(125,135-90-101-72-51-35-52-73-101)136-91-102-74-53-36-54-75-102/h28-54,58-75,103-106,110-116,123H,4-27,55-57,76-93H2,1-3H3,(H,118,120)(H,119,121)/t103-,104-,105-,106-,110-,111-,112-,113-,114+,115-,116+,117?/m1/s1. The van der Waals surface area contributed by atoms with Crippen molar-refractivity contribution in [3.63, 3.8) is 0 Å². The predicted octanol–water partition coefficient (Wildman–Crippen LogP) is 26.7. The van der Waals surface area contributed by atoms with Gasteiger partial charge in [-0.2, -0.15) is 0 Å². The molecule has 0 radical (unpaired) electrons. The van der Waals surface area contributed by atoms with Gasteiger partial charge in [0.25, 0.3) is 0 Å². The van der Waals surface area contributed by atoms with Gasteiger partial charge in [-0.25, -0.2) is 9.13 Å². The van der Waals surface area contributed by atoms with Gasteiger partial charge in [0, 0.05) is 12.8 Å². The summed E-state index contributed by atoms with van der Waals surface area (Å²) in [6.45, 7) is 4.51. The Labute approximate surface area is 845 Å². The van der Waals surface area contributed by atoms with Crippen LogP contribution in [0, 0.1) is 0 Å². The third kappa shape index (κ3) is 42.4. The molecular formula is C117H158N2O21P2. The molecule has 2 saturated heterocycles. The topological polar surface area (TPSA) is 268 Å². The number of amides is 2. The van der Waals surface area contributed by atoms with E-state index in [4.69, 9.17) is 69.8 Å². The molecule has 2 aliphatic heterocycles. The van der Waals surface area contributed by atoms with Crippen molar-refractivity contribution in [3.8, 4) is 0 Å². The first-order chi connectivity index (χ1) is 69.7. The molecule has 2 amide bonds. The average Bonchev–Trinajstić information content (AvgIpc) is 0.750. The fourth-order valence-corrected chi connectivity index (χ4v) is 20.5. The van der Waals surface area contributed by atoms with Crippen LogP contribution in [-0.4, -0.2) is 116 Å². The highest BCUT2D eigenvalue weighted by atomic mass is 31.2. The molecule has 2 aliphatic rings. The second-order valence-electron chi connectivity index (χ2n) is 37.7. The van der Waals surface area contributed by atoms with Crippen LogP contribution in [-0.2, 0) is 153 Å². The zero-order chi connectivity index (χ0) is 99.4. The zero-order valence-corrected chi connectivity index (χ0v) is 85.9. The lowest BCUT2D eigenvalue weighted by atomic mass is 9.80. The van der Waals surface area contributed by atoms with E-state index in [1.54, 1.807) is 0 Å². The highest BCUT2D eigenvalue weighted by Gasteiger charge is 2.60. The molecule has 23 nitrogen and oxygen atoms in total. The lowest BCUT2D eigenvalue weighted by Crippen LogP contribution is -2.74. The van der Waals surface area contributed by atoms with Crippen LogP contribution in [0.25, 0.3) is 0 Å². The normalized spacial score (nSPS) is 19.2. The fourth-order valence-electron chi connectivity index (χ4n) is 18.0. The summed E-state index contributed by atoms with van der Waals surface area (Å²) in [6, 6.07) is 83.3. The van der Waals surface area contributed by atoms with Crippen molar-refractivity contribution in [2.75, 3.05) is 19.8 Å². The van der Waals surface area contributed by atoms with Crippen molar-refractivity contribution in [2.45, 2.75) is 365 Å². The molecule has 9 aromatic rings.